The van der Waals surface area contributed by atoms with Gasteiger partial charge in [-0.1, -0.05) is 0 Å². The van der Waals surface area contributed by atoms with Gasteiger partial charge in [0.05, 0.1) is 6.10 Å². The van der Waals surface area contributed by atoms with Crippen LogP contribution in [0.4, 0.5) is 0 Å². The van der Waals surface area contributed by atoms with Crippen LogP contribution in [0, 0.1) is 23.7 Å². The number of rotatable bonds is 0. The third kappa shape index (κ3) is 0.703. The summed E-state index contributed by atoms with van der Waals surface area (Å²) in [5, 5.41) is 9.89. The minimum Gasteiger partial charge on any atom is -0.393 e. The second-order valence-corrected chi connectivity index (χ2v) is 4.73. The van der Waals surface area contributed by atoms with E-state index in [4.69, 9.17) is 0 Å². The Morgan fingerprint density at radius 2 is 1.55 bits per heavy atom. The molecule has 4 saturated carbocycles. The van der Waals surface area contributed by atoms with Crippen LogP contribution < -0.4 is 0 Å². The summed E-state index contributed by atoms with van der Waals surface area (Å²) in [6.07, 6.45) is 6.93. The molecule has 0 aromatic rings. The van der Waals surface area contributed by atoms with Crippen LogP contribution in [0.1, 0.15) is 32.1 Å². The quantitative estimate of drug-likeness (QED) is 0.561. The standard InChI is InChI=1S/C10H16O/c11-10-7-2-3-8-6(5-7)1-4-9(8)10/h6-11H,1-5H2/t6-,7-,8+,9-,10+/m0/s1. The molecule has 1 heteroatoms. The van der Waals surface area contributed by atoms with Crippen LogP contribution in [0.25, 0.3) is 0 Å². The van der Waals surface area contributed by atoms with Crippen molar-refractivity contribution in [2.45, 2.75) is 38.2 Å². The maximum absolute atomic E-state index is 9.89. The monoisotopic (exact) mass is 152 g/mol. The summed E-state index contributed by atoms with van der Waals surface area (Å²) in [5.74, 6) is 3.35. The third-order valence-corrected chi connectivity index (χ3v) is 4.42. The zero-order chi connectivity index (χ0) is 7.42. The Bertz CT molecular complexity index is 174. The summed E-state index contributed by atoms with van der Waals surface area (Å²) < 4.78 is 0. The molecule has 0 aromatic heterocycles. The number of aliphatic hydroxyl groups excluding tert-OH is 1. The highest BCUT2D eigenvalue weighted by Gasteiger charge is 2.51. The van der Waals surface area contributed by atoms with Gasteiger partial charge in [-0.2, -0.15) is 0 Å². The molecule has 1 nitrogen and oxygen atoms in total. The Hall–Kier alpha value is -0.0400. The Morgan fingerprint density at radius 3 is 2.36 bits per heavy atom. The predicted molar refractivity (Wildman–Crippen MR) is 43.1 cm³/mol. The van der Waals surface area contributed by atoms with Gasteiger partial charge in [-0.15, -0.1) is 0 Å². The van der Waals surface area contributed by atoms with Crippen molar-refractivity contribution in [2.24, 2.45) is 23.7 Å². The lowest BCUT2D eigenvalue weighted by Gasteiger charge is -2.45. The SMILES string of the molecule is O[C@@H]1[C@H]2CC[C@@H]3[C@@H](CC[C@H]13)C2. The summed E-state index contributed by atoms with van der Waals surface area (Å²) >= 11 is 0. The average Bonchev–Trinajstić information content (AvgIpc) is 2.39. The molecule has 11 heavy (non-hydrogen) atoms. The highest BCUT2D eigenvalue weighted by molar-refractivity contribution is 5.01. The maximum Gasteiger partial charge on any atom is 0.0599 e. The molecular formula is C10H16O. The lowest BCUT2D eigenvalue weighted by Crippen LogP contribution is -2.43. The van der Waals surface area contributed by atoms with Gasteiger partial charge in [0, 0.05) is 0 Å². The van der Waals surface area contributed by atoms with Gasteiger partial charge in [-0.3, -0.25) is 0 Å². The van der Waals surface area contributed by atoms with E-state index in [-0.39, 0.29) is 6.10 Å². The van der Waals surface area contributed by atoms with Crippen LogP contribution >= 0.6 is 0 Å². The summed E-state index contributed by atoms with van der Waals surface area (Å²) in [6, 6.07) is 0. The van der Waals surface area contributed by atoms with E-state index in [1.807, 2.05) is 0 Å². The fourth-order valence-corrected chi connectivity index (χ4v) is 3.92. The first-order chi connectivity index (χ1) is 5.36. The number of aliphatic hydroxyl groups is 1. The zero-order valence-electron chi connectivity index (χ0n) is 6.87. The Morgan fingerprint density at radius 1 is 0.818 bits per heavy atom. The number of fused-ring (bicyclic) bond motifs is 1. The Labute approximate surface area is 67.8 Å². The highest BCUT2D eigenvalue weighted by Crippen LogP contribution is 2.56. The average molecular weight is 152 g/mol. The lowest BCUT2D eigenvalue weighted by atomic mass is 9.62. The Balaban J connectivity index is 1.96. The number of hydrogen-bond donors (Lipinski definition) is 1. The van der Waals surface area contributed by atoms with E-state index in [0.29, 0.717) is 11.8 Å². The largest absolute Gasteiger partial charge is 0.393 e. The summed E-state index contributed by atoms with van der Waals surface area (Å²) in [4.78, 5) is 0. The van der Waals surface area contributed by atoms with Crippen LogP contribution in [0.5, 0.6) is 0 Å². The lowest BCUT2D eigenvalue weighted by molar-refractivity contribution is -0.0542. The molecular weight excluding hydrogens is 136 g/mol. The van der Waals surface area contributed by atoms with Gasteiger partial charge < -0.3 is 5.11 Å². The molecule has 0 aliphatic heterocycles. The molecule has 4 rings (SSSR count). The van der Waals surface area contributed by atoms with Crippen molar-refractivity contribution in [2.75, 3.05) is 0 Å². The van der Waals surface area contributed by atoms with Crippen molar-refractivity contribution in [1.29, 1.82) is 0 Å². The van der Waals surface area contributed by atoms with Crippen molar-refractivity contribution >= 4 is 0 Å². The van der Waals surface area contributed by atoms with Crippen molar-refractivity contribution in [3.8, 4) is 0 Å². The van der Waals surface area contributed by atoms with E-state index in [2.05, 4.69) is 0 Å². The molecule has 0 unspecified atom stereocenters. The summed E-state index contributed by atoms with van der Waals surface area (Å²) in [6.45, 7) is 0. The van der Waals surface area contributed by atoms with Gasteiger partial charge >= 0.3 is 0 Å². The number of hydrogen-bond acceptors (Lipinski definition) is 1. The molecule has 0 aromatic carbocycles. The minimum atomic E-state index is 0.0903. The van der Waals surface area contributed by atoms with Crippen molar-refractivity contribution < 1.29 is 5.11 Å². The van der Waals surface area contributed by atoms with E-state index in [1.54, 1.807) is 0 Å². The van der Waals surface area contributed by atoms with Crippen molar-refractivity contribution in [1.82, 2.24) is 0 Å². The van der Waals surface area contributed by atoms with Crippen LogP contribution in [0.15, 0.2) is 0 Å². The summed E-state index contributed by atoms with van der Waals surface area (Å²) in [7, 11) is 0. The van der Waals surface area contributed by atoms with Gasteiger partial charge in [0.1, 0.15) is 0 Å². The topological polar surface area (TPSA) is 20.2 Å². The molecule has 4 aliphatic rings. The van der Waals surface area contributed by atoms with Gasteiger partial charge in [-0.25, -0.2) is 0 Å². The minimum absolute atomic E-state index is 0.0903. The predicted octanol–water partition coefficient (Wildman–Crippen LogP) is 1.80. The van der Waals surface area contributed by atoms with E-state index in [0.717, 1.165) is 11.8 Å². The molecule has 0 amide bonds. The first-order valence-electron chi connectivity index (χ1n) is 5.04. The highest BCUT2D eigenvalue weighted by atomic mass is 16.3. The molecule has 4 fully saturated rings. The van der Waals surface area contributed by atoms with E-state index >= 15 is 0 Å². The van der Waals surface area contributed by atoms with E-state index in [9.17, 15) is 5.11 Å². The van der Waals surface area contributed by atoms with Crippen LogP contribution in [-0.2, 0) is 0 Å². The molecule has 1 N–H and O–H groups in total. The summed E-state index contributed by atoms with van der Waals surface area (Å²) in [5.41, 5.74) is 0. The molecule has 0 spiro atoms. The molecule has 0 saturated heterocycles. The molecule has 0 heterocycles. The van der Waals surface area contributed by atoms with Crippen LogP contribution in [0.3, 0.4) is 0 Å². The van der Waals surface area contributed by atoms with Gasteiger partial charge in [0.15, 0.2) is 0 Å². The normalized spacial score (nSPS) is 60.3. The second-order valence-electron chi connectivity index (χ2n) is 4.73. The molecule has 4 bridgehead atoms. The molecule has 5 atom stereocenters. The first kappa shape index (κ1) is 6.47. The molecule has 4 aliphatic carbocycles. The first-order valence-corrected chi connectivity index (χ1v) is 5.04. The van der Waals surface area contributed by atoms with Gasteiger partial charge in [-0.05, 0) is 55.8 Å². The van der Waals surface area contributed by atoms with Gasteiger partial charge in [0.25, 0.3) is 0 Å². The molecule has 0 radical (unpaired) electrons. The second kappa shape index (κ2) is 2.01. The third-order valence-electron chi connectivity index (χ3n) is 4.42. The maximum atomic E-state index is 9.89. The van der Waals surface area contributed by atoms with Gasteiger partial charge in [0.2, 0.25) is 0 Å². The fraction of sp³-hybridized carbons (Fsp3) is 1.00. The smallest absolute Gasteiger partial charge is 0.0599 e. The zero-order valence-corrected chi connectivity index (χ0v) is 6.87. The van der Waals surface area contributed by atoms with Crippen molar-refractivity contribution in [3.05, 3.63) is 0 Å². The fourth-order valence-electron chi connectivity index (χ4n) is 3.92. The Kier molecular flexibility index (Phi) is 1.18. The van der Waals surface area contributed by atoms with Crippen LogP contribution in [0.2, 0.25) is 0 Å². The van der Waals surface area contributed by atoms with Crippen molar-refractivity contribution in [3.63, 3.8) is 0 Å². The van der Waals surface area contributed by atoms with E-state index < -0.39 is 0 Å². The van der Waals surface area contributed by atoms with E-state index in [1.165, 1.54) is 32.1 Å². The molecule has 62 valence electrons. The van der Waals surface area contributed by atoms with Crippen LogP contribution in [-0.4, -0.2) is 11.2 Å².